The van der Waals surface area contributed by atoms with Crippen LogP contribution >= 0.6 is 15.9 Å². The highest BCUT2D eigenvalue weighted by molar-refractivity contribution is 9.10. The average Bonchev–Trinajstić information content (AvgIpc) is 2.39. The molecule has 0 radical (unpaired) electrons. The molecule has 1 saturated heterocycles. The van der Waals surface area contributed by atoms with Crippen molar-refractivity contribution >= 4 is 27.7 Å². The number of rotatable bonds is 4. The predicted molar refractivity (Wildman–Crippen MR) is 78.2 cm³/mol. The Bertz CT molecular complexity index is 390. The number of nitrogens with zero attached hydrogens (tertiary/aromatic N) is 4. The molecule has 1 fully saturated rings. The SMILES string of the molecule is CCCNc1ncc(Br)c(N2CCN(C)CC2)n1. The van der Waals surface area contributed by atoms with E-state index in [0.29, 0.717) is 5.95 Å². The van der Waals surface area contributed by atoms with Gasteiger partial charge in [-0.15, -0.1) is 0 Å². The molecule has 2 rings (SSSR count). The summed E-state index contributed by atoms with van der Waals surface area (Å²) in [6.07, 6.45) is 2.90. The summed E-state index contributed by atoms with van der Waals surface area (Å²) in [6, 6.07) is 0. The van der Waals surface area contributed by atoms with Crippen LogP contribution in [0.4, 0.5) is 11.8 Å². The molecule has 1 aromatic rings. The van der Waals surface area contributed by atoms with Gasteiger partial charge >= 0.3 is 0 Å². The third kappa shape index (κ3) is 3.32. The van der Waals surface area contributed by atoms with Gasteiger partial charge in [0.25, 0.3) is 0 Å². The lowest BCUT2D eigenvalue weighted by Gasteiger charge is -2.33. The largest absolute Gasteiger partial charge is 0.354 e. The molecule has 0 spiro atoms. The van der Waals surface area contributed by atoms with E-state index < -0.39 is 0 Å². The van der Waals surface area contributed by atoms with Gasteiger partial charge in [-0.1, -0.05) is 6.92 Å². The Morgan fingerprint density at radius 1 is 1.33 bits per heavy atom. The second kappa shape index (κ2) is 6.33. The van der Waals surface area contributed by atoms with Gasteiger partial charge in [0.05, 0.1) is 4.47 Å². The Hall–Kier alpha value is -0.880. The average molecular weight is 314 g/mol. The number of likely N-dealkylation sites (N-methyl/N-ethyl adjacent to an activating group) is 1. The number of aromatic nitrogens is 2. The maximum absolute atomic E-state index is 4.60. The van der Waals surface area contributed by atoms with Crippen molar-refractivity contribution in [2.75, 3.05) is 50.0 Å². The van der Waals surface area contributed by atoms with Crippen molar-refractivity contribution in [3.8, 4) is 0 Å². The van der Waals surface area contributed by atoms with Gasteiger partial charge in [0.15, 0.2) is 0 Å². The molecule has 6 heteroatoms. The molecule has 1 aliphatic heterocycles. The zero-order valence-electron chi connectivity index (χ0n) is 11.0. The van der Waals surface area contributed by atoms with Gasteiger partial charge in [-0.25, -0.2) is 4.98 Å². The molecule has 1 aromatic heterocycles. The Labute approximate surface area is 117 Å². The lowest BCUT2D eigenvalue weighted by Crippen LogP contribution is -2.45. The van der Waals surface area contributed by atoms with E-state index in [1.807, 2.05) is 6.20 Å². The van der Waals surface area contributed by atoms with E-state index >= 15 is 0 Å². The summed E-state index contributed by atoms with van der Waals surface area (Å²) < 4.78 is 0.967. The molecule has 1 aliphatic rings. The fourth-order valence-corrected chi connectivity index (χ4v) is 2.36. The topological polar surface area (TPSA) is 44.3 Å². The highest BCUT2D eigenvalue weighted by Gasteiger charge is 2.18. The molecule has 100 valence electrons. The zero-order valence-corrected chi connectivity index (χ0v) is 12.6. The van der Waals surface area contributed by atoms with Crippen LogP contribution in [0.25, 0.3) is 0 Å². The van der Waals surface area contributed by atoms with Gasteiger partial charge in [0, 0.05) is 38.9 Å². The molecular formula is C12H20BrN5. The van der Waals surface area contributed by atoms with Crippen LogP contribution in [0.5, 0.6) is 0 Å². The minimum atomic E-state index is 0.717. The summed E-state index contributed by atoms with van der Waals surface area (Å²) in [7, 11) is 2.15. The first kappa shape index (κ1) is 13.5. The minimum Gasteiger partial charge on any atom is -0.354 e. The highest BCUT2D eigenvalue weighted by Crippen LogP contribution is 2.25. The van der Waals surface area contributed by atoms with E-state index in [1.165, 1.54) is 0 Å². The summed E-state index contributed by atoms with van der Waals surface area (Å²) in [5.74, 6) is 1.71. The second-order valence-corrected chi connectivity index (χ2v) is 5.44. The lowest BCUT2D eigenvalue weighted by atomic mass is 10.3. The normalized spacial score (nSPS) is 16.9. The van der Waals surface area contributed by atoms with E-state index in [2.05, 4.69) is 55.0 Å². The maximum atomic E-state index is 4.60. The van der Waals surface area contributed by atoms with Crippen LogP contribution in [0.15, 0.2) is 10.7 Å². The predicted octanol–water partition coefficient (Wildman–Crippen LogP) is 1.81. The number of halogens is 1. The van der Waals surface area contributed by atoms with Gasteiger partial charge in [-0.05, 0) is 29.4 Å². The molecule has 0 amide bonds. The van der Waals surface area contributed by atoms with E-state index in [-0.39, 0.29) is 0 Å². The third-order valence-corrected chi connectivity index (χ3v) is 3.62. The molecule has 2 heterocycles. The van der Waals surface area contributed by atoms with Crippen molar-refractivity contribution in [3.63, 3.8) is 0 Å². The molecule has 0 bridgehead atoms. The van der Waals surface area contributed by atoms with Crippen LogP contribution in [0.1, 0.15) is 13.3 Å². The molecule has 0 atom stereocenters. The summed E-state index contributed by atoms with van der Waals surface area (Å²) in [4.78, 5) is 13.5. The molecule has 0 aromatic carbocycles. The third-order valence-electron chi connectivity index (χ3n) is 3.06. The van der Waals surface area contributed by atoms with Crippen LogP contribution in [0, 0.1) is 0 Å². The molecular weight excluding hydrogens is 294 g/mol. The Balaban J connectivity index is 2.10. The van der Waals surface area contributed by atoms with E-state index in [4.69, 9.17) is 0 Å². The van der Waals surface area contributed by atoms with E-state index in [0.717, 1.165) is 49.4 Å². The fourth-order valence-electron chi connectivity index (χ4n) is 1.92. The number of hydrogen-bond acceptors (Lipinski definition) is 5. The van der Waals surface area contributed by atoms with Crippen molar-refractivity contribution in [1.82, 2.24) is 14.9 Å². The lowest BCUT2D eigenvalue weighted by molar-refractivity contribution is 0.312. The molecule has 0 saturated carbocycles. The first-order valence-electron chi connectivity index (χ1n) is 6.40. The van der Waals surface area contributed by atoms with Crippen molar-refractivity contribution in [2.45, 2.75) is 13.3 Å². The van der Waals surface area contributed by atoms with Gasteiger partial charge in [-0.3, -0.25) is 0 Å². The number of anilines is 2. The summed E-state index contributed by atoms with van der Waals surface area (Å²) in [6.45, 7) is 7.22. The quantitative estimate of drug-likeness (QED) is 0.918. The zero-order chi connectivity index (χ0) is 13.0. The fraction of sp³-hybridized carbons (Fsp3) is 0.667. The monoisotopic (exact) mass is 313 g/mol. The first-order valence-corrected chi connectivity index (χ1v) is 7.20. The van der Waals surface area contributed by atoms with Gasteiger partial charge in [-0.2, -0.15) is 4.98 Å². The molecule has 0 unspecified atom stereocenters. The van der Waals surface area contributed by atoms with Gasteiger partial charge in [0.2, 0.25) is 5.95 Å². The highest BCUT2D eigenvalue weighted by atomic mass is 79.9. The van der Waals surface area contributed by atoms with Crippen molar-refractivity contribution in [2.24, 2.45) is 0 Å². The van der Waals surface area contributed by atoms with Crippen LogP contribution < -0.4 is 10.2 Å². The van der Waals surface area contributed by atoms with Crippen LogP contribution in [-0.2, 0) is 0 Å². The number of nitrogens with one attached hydrogen (secondary N) is 1. The van der Waals surface area contributed by atoms with Crippen molar-refractivity contribution in [1.29, 1.82) is 0 Å². The molecule has 18 heavy (non-hydrogen) atoms. The Morgan fingerprint density at radius 2 is 2.06 bits per heavy atom. The Kier molecular flexibility index (Phi) is 4.77. The van der Waals surface area contributed by atoms with Crippen LogP contribution in [-0.4, -0.2) is 54.6 Å². The van der Waals surface area contributed by atoms with Gasteiger partial charge in [0.1, 0.15) is 5.82 Å². The van der Waals surface area contributed by atoms with Crippen LogP contribution in [0.3, 0.4) is 0 Å². The smallest absolute Gasteiger partial charge is 0.224 e. The standard InChI is InChI=1S/C12H20BrN5/c1-3-4-14-12-15-9-10(13)11(16-12)18-7-5-17(2)6-8-18/h9H,3-8H2,1-2H3,(H,14,15,16). The van der Waals surface area contributed by atoms with E-state index in [9.17, 15) is 0 Å². The number of hydrogen-bond donors (Lipinski definition) is 1. The van der Waals surface area contributed by atoms with E-state index in [1.54, 1.807) is 0 Å². The molecule has 1 N–H and O–H groups in total. The number of piperazine rings is 1. The maximum Gasteiger partial charge on any atom is 0.224 e. The molecule has 5 nitrogen and oxygen atoms in total. The summed E-state index contributed by atoms with van der Waals surface area (Å²) in [5, 5.41) is 3.23. The summed E-state index contributed by atoms with van der Waals surface area (Å²) in [5.41, 5.74) is 0. The summed E-state index contributed by atoms with van der Waals surface area (Å²) >= 11 is 3.54. The van der Waals surface area contributed by atoms with Crippen LogP contribution in [0.2, 0.25) is 0 Å². The van der Waals surface area contributed by atoms with Crippen molar-refractivity contribution in [3.05, 3.63) is 10.7 Å². The first-order chi connectivity index (χ1) is 8.70. The molecule has 0 aliphatic carbocycles. The van der Waals surface area contributed by atoms with Crippen molar-refractivity contribution < 1.29 is 0 Å². The van der Waals surface area contributed by atoms with Gasteiger partial charge < -0.3 is 15.1 Å². The Morgan fingerprint density at radius 3 is 2.72 bits per heavy atom. The minimum absolute atomic E-state index is 0.717. The second-order valence-electron chi connectivity index (χ2n) is 4.58.